The number of carbonyl (C=O) groups is 1. The van der Waals surface area contributed by atoms with Crippen molar-refractivity contribution in [3.8, 4) is 5.75 Å². The van der Waals surface area contributed by atoms with Crippen LogP contribution in [0.25, 0.3) is 0 Å². The summed E-state index contributed by atoms with van der Waals surface area (Å²) in [6.45, 7) is 8.14. The molecule has 1 N–H and O–H groups in total. The number of amides is 1. The van der Waals surface area contributed by atoms with Crippen LogP contribution >= 0.6 is 0 Å². The molecule has 27 heavy (non-hydrogen) atoms. The molecule has 0 aliphatic heterocycles. The van der Waals surface area contributed by atoms with Crippen molar-refractivity contribution in [1.29, 1.82) is 0 Å². The highest BCUT2D eigenvalue weighted by Crippen LogP contribution is 2.40. The second-order valence-electron chi connectivity index (χ2n) is 8.11. The van der Waals surface area contributed by atoms with Gasteiger partial charge < -0.3 is 10.1 Å². The summed E-state index contributed by atoms with van der Waals surface area (Å²) in [6, 6.07) is 14.4. The zero-order valence-electron chi connectivity index (χ0n) is 17.0. The van der Waals surface area contributed by atoms with Gasteiger partial charge in [0.25, 0.3) is 0 Å². The van der Waals surface area contributed by atoms with Crippen LogP contribution in [0.2, 0.25) is 0 Å². The summed E-state index contributed by atoms with van der Waals surface area (Å²) in [7, 11) is 0. The largest absolute Gasteiger partial charge is 0.491 e. The lowest BCUT2D eigenvalue weighted by Crippen LogP contribution is -2.42. The number of benzene rings is 2. The third-order valence-electron chi connectivity index (χ3n) is 5.54. The van der Waals surface area contributed by atoms with Crippen LogP contribution in [0.1, 0.15) is 62.6 Å². The van der Waals surface area contributed by atoms with Gasteiger partial charge >= 0.3 is 0 Å². The third kappa shape index (κ3) is 4.35. The molecule has 3 rings (SSSR count). The summed E-state index contributed by atoms with van der Waals surface area (Å²) < 4.78 is 5.81. The molecule has 0 saturated heterocycles. The monoisotopic (exact) mass is 365 g/mol. The number of rotatable bonds is 5. The number of carbonyl (C=O) groups excluding carboxylic acids is 1. The maximum Gasteiger partial charge on any atom is 0.235 e. The van der Waals surface area contributed by atoms with Crippen LogP contribution in [0.4, 0.5) is 5.69 Å². The van der Waals surface area contributed by atoms with Crippen LogP contribution < -0.4 is 10.1 Å². The number of hydrogen-bond donors (Lipinski definition) is 1. The van der Waals surface area contributed by atoms with Crippen molar-refractivity contribution in [3.05, 3.63) is 59.2 Å². The van der Waals surface area contributed by atoms with E-state index in [2.05, 4.69) is 36.5 Å². The Morgan fingerprint density at radius 3 is 2.26 bits per heavy atom. The summed E-state index contributed by atoms with van der Waals surface area (Å²) in [5.41, 5.74) is 3.82. The highest BCUT2D eigenvalue weighted by molar-refractivity contribution is 5.99. The molecule has 0 bridgehead atoms. The van der Waals surface area contributed by atoms with Gasteiger partial charge in [0.05, 0.1) is 11.5 Å². The Kier molecular flexibility index (Phi) is 5.88. The van der Waals surface area contributed by atoms with E-state index in [0.29, 0.717) is 0 Å². The van der Waals surface area contributed by atoms with Crippen molar-refractivity contribution >= 4 is 11.6 Å². The van der Waals surface area contributed by atoms with Crippen LogP contribution in [-0.2, 0) is 10.2 Å². The fourth-order valence-corrected chi connectivity index (χ4v) is 4.04. The third-order valence-corrected chi connectivity index (χ3v) is 5.54. The summed E-state index contributed by atoms with van der Waals surface area (Å²) in [5, 5.41) is 3.19. The quantitative estimate of drug-likeness (QED) is 0.713. The summed E-state index contributed by atoms with van der Waals surface area (Å²) in [4.78, 5) is 13.4. The normalized spacial score (nSPS) is 16.2. The molecular weight excluding hydrogens is 334 g/mol. The lowest BCUT2D eigenvalue weighted by atomic mass is 9.68. The maximum atomic E-state index is 13.4. The predicted octanol–water partition coefficient (Wildman–Crippen LogP) is 5.93. The van der Waals surface area contributed by atoms with E-state index in [0.717, 1.165) is 48.2 Å². The van der Waals surface area contributed by atoms with E-state index < -0.39 is 5.41 Å². The minimum Gasteiger partial charge on any atom is -0.491 e. The van der Waals surface area contributed by atoms with Crippen molar-refractivity contribution < 1.29 is 9.53 Å². The first kappa shape index (κ1) is 19.5. The lowest BCUT2D eigenvalue weighted by Gasteiger charge is -2.36. The van der Waals surface area contributed by atoms with Gasteiger partial charge in [-0.05, 0) is 69.9 Å². The second-order valence-corrected chi connectivity index (χ2v) is 8.11. The van der Waals surface area contributed by atoms with Crippen LogP contribution in [-0.4, -0.2) is 12.0 Å². The number of anilines is 1. The molecule has 1 aliphatic rings. The van der Waals surface area contributed by atoms with Gasteiger partial charge in [-0.25, -0.2) is 0 Å². The molecule has 144 valence electrons. The second kappa shape index (κ2) is 8.16. The molecule has 1 aliphatic carbocycles. The molecule has 1 saturated carbocycles. The SMILES string of the molecule is Cc1ccc(C2(C(=O)Nc3ccc(OC(C)C)c(C)c3)CCCCC2)cc1. The van der Waals surface area contributed by atoms with Crippen LogP contribution in [0.5, 0.6) is 5.75 Å². The molecule has 1 fully saturated rings. The van der Waals surface area contributed by atoms with Gasteiger partial charge in [0.1, 0.15) is 5.75 Å². The van der Waals surface area contributed by atoms with Crippen molar-refractivity contribution in [3.63, 3.8) is 0 Å². The fraction of sp³-hybridized carbons (Fsp3) is 0.458. The molecule has 0 heterocycles. The van der Waals surface area contributed by atoms with Gasteiger partial charge in [0, 0.05) is 5.69 Å². The Morgan fingerprint density at radius 1 is 1.00 bits per heavy atom. The molecule has 2 aromatic carbocycles. The molecule has 0 atom stereocenters. The average molecular weight is 366 g/mol. The zero-order valence-corrected chi connectivity index (χ0v) is 17.0. The molecule has 0 spiro atoms. The van der Waals surface area contributed by atoms with E-state index in [1.165, 1.54) is 12.0 Å². The number of nitrogens with one attached hydrogen (secondary N) is 1. The van der Waals surface area contributed by atoms with E-state index in [1.807, 2.05) is 39.0 Å². The zero-order chi connectivity index (χ0) is 19.4. The summed E-state index contributed by atoms with van der Waals surface area (Å²) >= 11 is 0. The van der Waals surface area contributed by atoms with Gasteiger partial charge in [-0.3, -0.25) is 4.79 Å². The molecule has 0 radical (unpaired) electrons. The van der Waals surface area contributed by atoms with Crippen LogP contribution in [0, 0.1) is 13.8 Å². The molecular formula is C24H31NO2. The van der Waals surface area contributed by atoms with Crippen molar-refractivity contribution in [2.75, 3.05) is 5.32 Å². The van der Waals surface area contributed by atoms with E-state index in [9.17, 15) is 4.79 Å². The summed E-state index contributed by atoms with van der Waals surface area (Å²) in [5.74, 6) is 0.983. The molecule has 0 aromatic heterocycles. The Labute approximate surface area is 163 Å². The highest BCUT2D eigenvalue weighted by Gasteiger charge is 2.41. The number of hydrogen-bond acceptors (Lipinski definition) is 2. The Bertz CT molecular complexity index is 787. The van der Waals surface area contributed by atoms with Crippen LogP contribution in [0.3, 0.4) is 0 Å². The van der Waals surface area contributed by atoms with Gasteiger partial charge in [-0.2, -0.15) is 0 Å². The minimum atomic E-state index is -0.424. The molecule has 3 heteroatoms. The molecule has 0 unspecified atom stereocenters. The van der Waals surface area contributed by atoms with Gasteiger partial charge in [0.15, 0.2) is 0 Å². The van der Waals surface area contributed by atoms with Crippen LogP contribution in [0.15, 0.2) is 42.5 Å². The van der Waals surface area contributed by atoms with Gasteiger partial charge in [-0.15, -0.1) is 0 Å². The Morgan fingerprint density at radius 2 is 1.67 bits per heavy atom. The van der Waals surface area contributed by atoms with Gasteiger partial charge in [-0.1, -0.05) is 49.1 Å². The molecule has 3 nitrogen and oxygen atoms in total. The lowest BCUT2D eigenvalue weighted by molar-refractivity contribution is -0.122. The van der Waals surface area contributed by atoms with E-state index in [-0.39, 0.29) is 12.0 Å². The average Bonchev–Trinajstić information content (AvgIpc) is 2.65. The molecule has 2 aromatic rings. The van der Waals surface area contributed by atoms with Gasteiger partial charge in [0.2, 0.25) is 5.91 Å². The number of aryl methyl sites for hydroxylation is 2. The Hall–Kier alpha value is -2.29. The highest BCUT2D eigenvalue weighted by atomic mass is 16.5. The van der Waals surface area contributed by atoms with Crippen molar-refractivity contribution in [2.45, 2.75) is 71.3 Å². The number of ether oxygens (including phenoxy) is 1. The van der Waals surface area contributed by atoms with E-state index in [1.54, 1.807) is 0 Å². The fourth-order valence-electron chi connectivity index (χ4n) is 4.04. The Balaban J connectivity index is 1.85. The first-order valence-electron chi connectivity index (χ1n) is 10.1. The summed E-state index contributed by atoms with van der Waals surface area (Å²) in [6.07, 6.45) is 5.37. The first-order chi connectivity index (χ1) is 12.9. The van der Waals surface area contributed by atoms with Crippen molar-refractivity contribution in [1.82, 2.24) is 0 Å². The van der Waals surface area contributed by atoms with E-state index in [4.69, 9.17) is 4.74 Å². The van der Waals surface area contributed by atoms with E-state index >= 15 is 0 Å². The molecule has 1 amide bonds. The predicted molar refractivity (Wildman–Crippen MR) is 112 cm³/mol. The minimum absolute atomic E-state index is 0.114. The topological polar surface area (TPSA) is 38.3 Å². The maximum absolute atomic E-state index is 13.4. The smallest absolute Gasteiger partial charge is 0.235 e. The standard InChI is InChI=1S/C24H31NO2/c1-17(2)27-22-13-12-21(16-19(22)4)25-23(26)24(14-6-5-7-15-24)20-10-8-18(3)9-11-20/h8-13,16-17H,5-7,14-15H2,1-4H3,(H,25,26). The first-order valence-corrected chi connectivity index (χ1v) is 10.1. The van der Waals surface area contributed by atoms with Crippen molar-refractivity contribution in [2.24, 2.45) is 0 Å².